The van der Waals surface area contributed by atoms with E-state index in [2.05, 4.69) is 24.9 Å². The summed E-state index contributed by atoms with van der Waals surface area (Å²) in [4.78, 5) is 4.07. The van der Waals surface area contributed by atoms with Crippen molar-refractivity contribution in [2.24, 2.45) is 4.99 Å². The van der Waals surface area contributed by atoms with Gasteiger partial charge in [0.25, 0.3) is 0 Å². The minimum Gasteiger partial charge on any atom is -0.289 e. The van der Waals surface area contributed by atoms with Crippen molar-refractivity contribution in [3.8, 4) is 0 Å². The molecule has 0 aliphatic carbocycles. The van der Waals surface area contributed by atoms with E-state index in [4.69, 9.17) is 0 Å². The minimum absolute atomic E-state index is 1.03. The Hall–Kier alpha value is -0.850. The summed E-state index contributed by atoms with van der Waals surface area (Å²) in [6.07, 6.45) is 6.04. The number of nitrogens with zero attached hydrogens (tertiary/aromatic N) is 1. The zero-order valence-corrected chi connectivity index (χ0v) is 7.18. The number of rotatable bonds is 2. The Morgan fingerprint density at radius 3 is 2.20 bits per heavy atom. The van der Waals surface area contributed by atoms with E-state index in [1.54, 1.807) is 7.05 Å². The molecular weight excluding hydrogens is 122 g/mol. The van der Waals surface area contributed by atoms with E-state index in [-0.39, 0.29) is 0 Å². The fourth-order valence-electron chi connectivity index (χ4n) is 0.654. The van der Waals surface area contributed by atoms with Crippen molar-refractivity contribution in [2.75, 3.05) is 7.05 Å². The molecule has 0 radical (unpaired) electrons. The van der Waals surface area contributed by atoms with Crippen LogP contribution in [0.3, 0.4) is 0 Å². The highest BCUT2D eigenvalue weighted by molar-refractivity contribution is 6.04. The van der Waals surface area contributed by atoms with Crippen molar-refractivity contribution < 1.29 is 0 Å². The molecule has 0 spiro atoms. The van der Waals surface area contributed by atoms with Crippen LogP contribution in [0.15, 0.2) is 28.8 Å². The summed E-state index contributed by atoms with van der Waals surface area (Å²) >= 11 is 0. The van der Waals surface area contributed by atoms with Gasteiger partial charge in [-0.05, 0) is 32.9 Å². The van der Waals surface area contributed by atoms with Gasteiger partial charge in [-0.3, -0.25) is 4.99 Å². The number of hydrogen-bond acceptors (Lipinski definition) is 1. The van der Waals surface area contributed by atoms with Crippen LogP contribution in [0.5, 0.6) is 0 Å². The second-order valence-corrected chi connectivity index (χ2v) is 2.37. The predicted octanol–water partition coefficient (Wildman–Crippen LogP) is 2.60. The van der Waals surface area contributed by atoms with E-state index in [9.17, 15) is 0 Å². The van der Waals surface area contributed by atoms with E-state index >= 15 is 0 Å². The third-order valence-electron chi connectivity index (χ3n) is 1.03. The van der Waals surface area contributed by atoms with Crippen LogP contribution in [0.2, 0.25) is 0 Å². The van der Waals surface area contributed by atoms with Gasteiger partial charge < -0.3 is 0 Å². The molecule has 0 fully saturated rings. The van der Waals surface area contributed by atoms with E-state index in [0.717, 1.165) is 5.71 Å². The number of hydrogen-bond donors (Lipinski definition) is 0. The van der Waals surface area contributed by atoms with Gasteiger partial charge in [-0.1, -0.05) is 11.6 Å². The van der Waals surface area contributed by atoms with E-state index < -0.39 is 0 Å². The third kappa shape index (κ3) is 4.07. The Bertz CT molecular complexity index is 169. The molecule has 0 aromatic carbocycles. The highest BCUT2D eigenvalue weighted by Gasteiger charge is 1.83. The molecular formula is C9H15N. The summed E-state index contributed by atoms with van der Waals surface area (Å²) in [6, 6.07) is 0. The van der Waals surface area contributed by atoms with Gasteiger partial charge in [0.2, 0.25) is 0 Å². The molecule has 0 saturated carbocycles. The summed E-state index contributed by atoms with van der Waals surface area (Å²) in [6.45, 7) is 6.12. The van der Waals surface area contributed by atoms with Gasteiger partial charge in [0.05, 0.1) is 5.71 Å². The summed E-state index contributed by atoms with van der Waals surface area (Å²) < 4.78 is 0. The average molecular weight is 137 g/mol. The molecule has 0 aliphatic rings. The van der Waals surface area contributed by atoms with Crippen molar-refractivity contribution in [1.82, 2.24) is 0 Å². The molecule has 0 atom stereocenters. The Morgan fingerprint density at radius 2 is 1.90 bits per heavy atom. The second-order valence-electron chi connectivity index (χ2n) is 2.37. The Morgan fingerprint density at radius 1 is 1.30 bits per heavy atom. The van der Waals surface area contributed by atoms with Gasteiger partial charge in [-0.15, -0.1) is 0 Å². The van der Waals surface area contributed by atoms with Gasteiger partial charge in [-0.2, -0.15) is 0 Å². The lowest BCUT2D eigenvalue weighted by atomic mass is 10.2. The highest BCUT2D eigenvalue weighted by Crippen LogP contribution is 1.92. The lowest BCUT2D eigenvalue weighted by molar-refractivity contribution is 1.38. The highest BCUT2D eigenvalue weighted by atomic mass is 14.7. The smallest absolute Gasteiger partial charge is 0.0566 e. The molecule has 0 bridgehead atoms. The molecule has 1 nitrogen and oxygen atoms in total. The quantitative estimate of drug-likeness (QED) is 0.519. The SMILES string of the molecule is C/C=C/C(C=C(C)C)=NC. The Labute approximate surface area is 63.2 Å². The van der Waals surface area contributed by atoms with Crippen LogP contribution in [0.4, 0.5) is 0 Å². The molecule has 0 aromatic rings. The summed E-state index contributed by atoms with van der Waals surface area (Å²) in [5, 5.41) is 0. The maximum absolute atomic E-state index is 4.07. The molecule has 0 rings (SSSR count). The maximum Gasteiger partial charge on any atom is 0.0566 e. The molecule has 56 valence electrons. The van der Waals surface area contributed by atoms with Gasteiger partial charge in [0, 0.05) is 7.05 Å². The molecule has 0 saturated heterocycles. The first-order chi connectivity index (χ1) is 4.70. The lowest BCUT2D eigenvalue weighted by Crippen LogP contribution is -1.87. The first-order valence-corrected chi connectivity index (χ1v) is 3.45. The molecule has 1 heteroatoms. The Balaban J connectivity index is 4.26. The number of allylic oxidation sites excluding steroid dienone is 4. The predicted molar refractivity (Wildman–Crippen MR) is 47.6 cm³/mol. The molecule has 0 N–H and O–H groups in total. The standard InChI is InChI=1S/C9H15N/c1-5-6-9(10-4)7-8(2)3/h5-7H,1-4H3/b6-5+,10-9?. The molecule has 0 heterocycles. The van der Waals surface area contributed by atoms with Crippen molar-refractivity contribution in [1.29, 1.82) is 0 Å². The lowest BCUT2D eigenvalue weighted by Gasteiger charge is -1.90. The molecule has 10 heavy (non-hydrogen) atoms. The van der Waals surface area contributed by atoms with Crippen LogP contribution in [0.1, 0.15) is 20.8 Å². The third-order valence-corrected chi connectivity index (χ3v) is 1.03. The minimum atomic E-state index is 1.03. The fourth-order valence-corrected chi connectivity index (χ4v) is 0.654. The van der Waals surface area contributed by atoms with Gasteiger partial charge >= 0.3 is 0 Å². The van der Waals surface area contributed by atoms with Crippen LogP contribution < -0.4 is 0 Å². The largest absolute Gasteiger partial charge is 0.289 e. The summed E-state index contributed by atoms with van der Waals surface area (Å²) in [5.74, 6) is 0. The monoisotopic (exact) mass is 137 g/mol. The number of aliphatic imine (C=N–C) groups is 1. The maximum atomic E-state index is 4.07. The van der Waals surface area contributed by atoms with Gasteiger partial charge in [-0.25, -0.2) is 0 Å². The zero-order chi connectivity index (χ0) is 7.98. The zero-order valence-electron chi connectivity index (χ0n) is 7.18. The molecule has 0 aliphatic heterocycles. The van der Waals surface area contributed by atoms with E-state index in [0.29, 0.717) is 0 Å². The summed E-state index contributed by atoms with van der Waals surface area (Å²) in [5.41, 5.74) is 2.31. The van der Waals surface area contributed by atoms with Crippen LogP contribution in [0, 0.1) is 0 Å². The van der Waals surface area contributed by atoms with Gasteiger partial charge in [0.15, 0.2) is 0 Å². The van der Waals surface area contributed by atoms with Crippen LogP contribution in [-0.2, 0) is 0 Å². The van der Waals surface area contributed by atoms with Crippen LogP contribution in [-0.4, -0.2) is 12.8 Å². The summed E-state index contributed by atoms with van der Waals surface area (Å²) in [7, 11) is 1.80. The first-order valence-electron chi connectivity index (χ1n) is 3.45. The molecule has 0 amide bonds. The van der Waals surface area contributed by atoms with Crippen molar-refractivity contribution in [2.45, 2.75) is 20.8 Å². The van der Waals surface area contributed by atoms with Crippen LogP contribution in [0.25, 0.3) is 0 Å². The van der Waals surface area contributed by atoms with E-state index in [1.165, 1.54) is 5.57 Å². The first kappa shape index (κ1) is 9.15. The average Bonchev–Trinajstić information content (AvgIpc) is 1.86. The van der Waals surface area contributed by atoms with E-state index in [1.807, 2.05) is 19.1 Å². The fraction of sp³-hybridized carbons (Fsp3) is 0.444. The molecule has 0 aromatic heterocycles. The topological polar surface area (TPSA) is 12.4 Å². The Kier molecular flexibility index (Phi) is 4.55. The van der Waals surface area contributed by atoms with Crippen molar-refractivity contribution in [3.63, 3.8) is 0 Å². The second kappa shape index (κ2) is 4.98. The van der Waals surface area contributed by atoms with Crippen molar-refractivity contribution in [3.05, 3.63) is 23.8 Å². The van der Waals surface area contributed by atoms with Gasteiger partial charge in [0.1, 0.15) is 0 Å². The normalized spacial score (nSPS) is 12.2. The van der Waals surface area contributed by atoms with Crippen molar-refractivity contribution >= 4 is 5.71 Å². The van der Waals surface area contributed by atoms with Crippen LogP contribution >= 0.6 is 0 Å². The molecule has 0 unspecified atom stereocenters.